The molecule has 2 rings (SSSR count). The van der Waals surface area contributed by atoms with Gasteiger partial charge in [-0.2, -0.15) is 0 Å². The number of rotatable bonds is 7. The van der Waals surface area contributed by atoms with Gasteiger partial charge in [0.15, 0.2) is 0 Å². The number of hydrogen-bond donors (Lipinski definition) is 2. The van der Waals surface area contributed by atoms with Crippen molar-refractivity contribution in [1.29, 1.82) is 0 Å². The highest BCUT2D eigenvalue weighted by atomic mass is 35.5. The van der Waals surface area contributed by atoms with Gasteiger partial charge in [0, 0.05) is 44.5 Å². The van der Waals surface area contributed by atoms with Crippen LogP contribution in [0.4, 0.5) is 11.4 Å². The molecular formula is C16H21ClN4O4S. The van der Waals surface area contributed by atoms with Gasteiger partial charge < -0.3 is 10.6 Å². The van der Waals surface area contributed by atoms with Gasteiger partial charge in [-0.1, -0.05) is 12.1 Å². The molecule has 0 aromatic heterocycles. The van der Waals surface area contributed by atoms with Crippen molar-refractivity contribution in [2.75, 3.05) is 25.5 Å². The third-order valence-corrected chi connectivity index (χ3v) is 5.13. The Hall–Kier alpha value is -2.20. The van der Waals surface area contributed by atoms with E-state index in [0.717, 1.165) is 23.4 Å². The second-order valence-electron chi connectivity index (χ2n) is 5.70. The molecule has 2 aromatic rings. The molecule has 10 heteroatoms. The number of nitrogens with two attached hydrogens (primary N) is 1. The summed E-state index contributed by atoms with van der Waals surface area (Å²) in [5, 5.41) is 10.6. The van der Waals surface area contributed by atoms with Crippen molar-refractivity contribution in [2.45, 2.75) is 10.9 Å². The molecule has 0 fully saturated rings. The normalized spacial score (nSPS) is 12.1. The third kappa shape index (κ3) is 5.40. The van der Waals surface area contributed by atoms with E-state index >= 15 is 0 Å². The number of non-ortho nitro benzene ring substituents is 1. The van der Waals surface area contributed by atoms with E-state index in [1.807, 2.05) is 43.3 Å². The van der Waals surface area contributed by atoms with Crippen molar-refractivity contribution in [3.63, 3.8) is 0 Å². The van der Waals surface area contributed by atoms with Gasteiger partial charge in [0.25, 0.3) is 5.69 Å². The van der Waals surface area contributed by atoms with Crippen molar-refractivity contribution in [3.8, 4) is 0 Å². The number of nitrogens with zero attached hydrogens (tertiary/aromatic N) is 2. The van der Waals surface area contributed by atoms with Crippen molar-refractivity contribution in [1.82, 2.24) is 4.72 Å². The van der Waals surface area contributed by atoms with Gasteiger partial charge in [0.05, 0.1) is 9.82 Å². The maximum Gasteiger partial charge on any atom is 0.269 e. The molecule has 2 aromatic carbocycles. The van der Waals surface area contributed by atoms with Crippen LogP contribution in [0, 0.1) is 10.1 Å². The van der Waals surface area contributed by atoms with Crippen molar-refractivity contribution >= 4 is 33.8 Å². The summed E-state index contributed by atoms with van der Waals surface area (Å²) in [6.45, 7) is 0.0145. The summed E-state index contributed by atoms with van der Waals surface area (Å²) in [5.41, 5.74) is 7.69. The number of anilines is 1. The fourth-order valence-corrected chi connectivity index (χ4v) is 3.23. The van der Waals surface area contributed by atoms with E-state index < -0.39 is 21.0 Å². The summed E-state index contributed by atoms with van der Waals surface area (Å²) in [4.78, 5) is 11.9. The molecule has 0 aliphatic heterocycles. The van der Waals surface area contributed by atoms with E-state index in [4.69, 9.17) is 5.73 Å². The first-order valence-corrected chi connectivity index (χ1v) is 8.96. The Balaban J connectivity index is 0.00000338. The molecule has 1 atom stereocenters. The molecule has 0 aliphatic carbocycles. The molecule has 1 unspecified atom stereocenters. The Labute approximate surface area is 158 Å². The van der Waals surface area contributed by atoms with Crippen LogP contribution in [-0.2, 0) is 10.0 Å². The highest BCUT2D eigenvalue weighted by Gasteiger charge is 2.17. The first-order chi connectivity index (χ1) is 11.7. The number of sulfonamides is 1. The van der Waals surface area contributed by atoms with Gasteiger partial charge in [-0.25, -0.2) is 13.1 Å². The van der Waals surface area contributed by atoms with Crippen LogP contribution in [-0.4, -0.2) is 34.0 Å². The van der Waals surface area contributed by atoms with Crippen LogP contribution in [0.1, 0.15) is 11.6 Å². The average molecular weight is 401 g/mol. The number of nitro groups is 1. The molecule has 8 nitrogen and oxygen atoms in total. The van der Waals surface area contributed by atoms with Crippen LogP contribution >= 0.6 is 12.4 Å². The molecule has 3 N–H and O–H groups in total. The van der Waals surface area contributed by atoms with E-state index in [-0.39, 0.29) is 29.5 Å². The Kier molecular flexibility index (Phi) is 7.52. The maximum absolute atomic E-state index is 12.2. The standard InChI is InChI=1S/C16H20N4O4S.ClH/c1-19(2)13-5-3-12(4-6-13)16(17)11-18-25(23,24)15-9-7-14(8-10-15)20(21)22;/h3-10,16,18H,11,17H2,1-2H3;1H. The second-order valence-corrected chi connectivity index (χ2v) is 7.46. The Morgan fingerprint density at radius 3 is 2.12 bits per heavy atom. The quantitative estimate of drug-likeness (QED) is 0.542. The highest BCUT2D eigenvalue weighted by molar-refractivity contribution is 7.89. The minimum atomic E-state index is -3.79. The van der Waals surface area contributed by atoms with Gasteiger partial charge in [-0.3, -0.25) is 10.1 Å². The number of halogens is 1. The van der Waals surface area contributed by atoms with Crippen molar-refractivity contribution < 1.29 is 13.3 Å². The number of nitro benzene ring substituents is 1. The topological polar surface area (TPSA) is 119 Å². The second kappa shape index (κ2) is 8.95. The predicted octanol–water partition coefficient (Wildman–Crippen LogP) is 2.06. The lowest BCUT2D eigenvalue weighted by Crippen LogP contribution is -2.32. The first kappa shape index (κ1) is 21.8. The lowest BCUT2D eigenvalue weighted by Gasteiger charge is -2.16. The van der Waals surface area contributed by atoms with Crippen LogP contribution in [0.5, 0.6) is 0 Å². The zero-order chi connectivity index (χ0) is 18.6. The summed E-state index contributed by atoms with van der Waals surface area (Å²) in [7, 11) is 0.0595. The molecular weight excluding hydrogens is 380 g/mol. The number of hydrogen-bond acceptors (Lipinski definition) is 6. The summed E-state index contributed by atoms with van der Waals surface area (Å²) in [6.07, 6.45) is 0. The lowest BCUT2D eigenvalue weighted by molar-refractivity contribution is -0.384. The molecule has 0 spiro atoms. The Bertz CT molecular complexity index is 840. The summed E-state index contributed by atoms with van der Waals surface area (Å²) >= 11 is 0. The molecule has 0 aliphatic rings. The molecule has 142 valence electrons. The minimum Gasteiger partial charge on any atom is -0.378 e. The summed E-state index contributed by atoms with van der Waals surface area (Å²) in [6, 6.07) is 11.7. The Morgan fingerprint density at radius 1 is 1.12 bits per heavy atom. The van der Waals surface area contributed by atoms with Crippen LogP contribution in [0.2, 0.25) is 0 Å². The average Bonchev–Trinajstić information content (AvgIpc) is 2.60. The van der Waals surface area contributed by atoms with Crippen molar-refractivity contribution in [3.05, 3.63) is 64.2 Å². The maximum atomic E-state index is 12.2. The molecule has 0 amide bonds. The van der Waals surface area contributed by atoms with E-state index in [0.29, 0.717) is 0 Å². The van der Waals surface area contributed by atoms with Gasteiger partial charge in [-0.15, -0.1) is 12.4 Å². The van der Waals surface area contributed by atoms with Crippen LogP contribution in [0.15, 0.2) is 53.4 Å². The van der Waals surface area contributed by atoms with E-state index in [1.165, 1.54) is 12.1 Å². The summed E-state index contributed by atoms with van der Waals surface area (Å²) in [5.74, 6) is 0. The van der Waals surface area contributed by atoms with Crippen LogP contribution in [0.3, 0.4) is 0 Å². The Morgan fingerprint density at radius 2 is 1.65 bits per heavy atom. The minimum absolute atomic E-state index is 0. The zero-order valence-electron chi connectivity index (χ0n) is 14.3. The largest absolute Gasteiger partial charge is 0.378 e. The van der Waals surface area contributed by atoms with E-state index in [2.05, 4.69) is 4.72 Å². The van der Waals surface area contributed by atoms with Crippen LogP contribution < -0.4 is 15.4 Å². The van der Waals surface area contributed by atoms with Gasteiger partial charge in [0.1, 0.15) is 0 Å². The van der Waals surface area contributed by atoms with Gasteiger partial charge in [-0.05, 0) is 29.8 Å². The number of benzene rings is 2. The van der Waals surface area contributed by atoms with Crippen molar-refractivity contribution in [2.24, 2.45) is 5.73 Å². The fraction of sp³-hybridized carbons (Fsp3) is 0.250. The smallest absolute Gasteiger partial charge is 0.269 e. The zero-order valence-corrected chi connectivity index (χ0v) is 16.0. The number of nitrogens with one attached hydrogen (secondary N) is 1. The van der Waals surface area contributed by atoms with Crippen LogP contribution in [0.25, 0.3) is 0 Å². The van der Waals surface area contributed by atoms with E-state index in [9.17, 15) is 18.5 Å². The monoisotopic (exact) mass is 400 g/mol. The third-order valence-electron chi connectivity index (χ3n) is 3.69. The predicted molar refractivity (Wildman–Crippen MR) is 103 cm³/mol. The van der Waals surface area contributed by atoms with Gasteiger partial charge in [0.2, 0.25) is 10.0 Å². The summed E-state index contributed by atoms with van der Waals surface area (Å²) < 4.78 is 26.9. The molecule has 26 heavy (non-hydrogen) atoms. The molecule has 0 radical (unpaired) electrons. The first-order valence-electron chi connectivity index (χ1n) is 7.47. The molecule has 0 bridgehead atoms. The molecule has 0 saturated heterocycles. The molecule has 0 heterocycles. The highest BCUT2D eigenvalue weighted by Crippen LogP contribution is 2.18. The molecule has 0 saturated carbocycles. The lowest BCUT2D eigenvalue weighted by atomic mass is 10.1. The van der Waals surface area contributed by atoms with E-state index in [1.54, 1.807) is 0 Å². The fourth-order valence-electron chi connectivity index (χ4n) is 2.17. The van der Waals surface area contributed by atoms with Gasteiger partial charge >= 0.3 is 0 Å². The SMILES string of the molecule is CN(C)c1ccc(C(N)CNS(=O)(=O)c2ccc([N+](=O)[O-])cc2)cc1.Cl.